The molecule has 4 rings (SSSR count). The van der Waals surface area contributed by atoms with Gasteiger partial charge < -0.3 is 19.3 Å². The summed E-state index contributed by atoms with van der Waals surface area (Å²) < 4.78 is 17.4. The van der Waals surface area contributed by atoms with Crippen molar-refractivity contribution in [1.82, 2.24) is 4.90 Å². The molecular formula is C26H39NO5. The topological polar surface area (TPSA) is 68.2 Å². The van der Waals surface area contributed by atoms with Crippen molar-refractivity contribution in [1.29, 1.82) is 0 Å². The fraction of sp³-hybridized carbons (Fsp3) is 0.731. The number of aliphatic hydroxyl groups excluding tert-OH is 1. The van der Waals surface area contributed by atoms with Crippen molar-refractivity contribution in [2.75, 3.05) is 13.7 Å². The predicted octanol–water partition coefficient (Wildman–Crippen LogP) is 4.66. The second-order valence-corrected chi connectivity index (χ2v) is 10.2. The first-order valence-electron chi connectivity index (χ1n) is 12.4. The van der Waals surface area contributed by atoms with Gasteiger partial charge in [-0.1, -0.05) is 40.0 Å². The van der Waals surface area contributed by atoms with E-state index >= 15 is 0 Å². The van der Waals surface area contributed by atoms with E-state index in [1.807, 2.05) is 0 Å². The average molecular weight is 446 g/mol. The zero-order chi connectivity index (χ0) is 23.0. The molecule has 0 radical (unpaired) electrons. The van der Waals surface area contributed by atoms with E-state index in [9.17, 15) is 9.90 Å². The molecule has 32 heavy (non-hydrogen) atoms. The van der Waals surface area contributed by atoms with E-state index in [2.05, 4.69) is 31.7 Å². The lowest BCUT2D eigenvalue weighted by Gasteiger charge is -2.46. The highest BCUT2D eigenvalue weighted by atomic mass is 16.6. The van der Waals surface area contributed by atoms with Crippen molar-refractivity contribution in [3.8, 4) is 0 Å². The Morgan fingerprint density at radius 3 is 2.75 bits per heavy atom. The smallest absolute Gasteiger partial charge is 0.343 e. The van der Waals surface area contributed by atoms with E-state index in [1.54, 1.807) is 14.0 Å². The van der Waals surface area contributed by atoms with Crippen molar-refractivity contribution in [2.24, 2.45) is 17.8 Å². The number of carbonyl (C=O) groups is 1. The van der Waals surface area contributed by atoms with Gasteiger partial charge in [-0.15, -0.1) is 0 Å². The highest BCUT2D eigenvalue weighted by Crippen LogP contribution is 2.49. The van der Waals surface area contributed by atoms with Crippen LogP contribution >= 0.6 is 0 Å². The number of hydrogen-bond donors (Lipinski definition) is 1. The maximum absolute atomic E-state index is 12.2. The first-order valence-corrected chi connectivity index (χ1v) is 12.4. The van der Waals surface area contributed by atoms with E-state index in [4.69, 9.17) is 14.2 Å². The Morgan fingerprint density at radius 1 is 1.25 bits per heavy atom. The van der Waals surface area contributed by atoms with Crippen LogP contribution in [0.1, 0.15) is 72.6 Å². The van der Waals surface area contributed by atoms with Gasteiger partial charge in [0.15, 0.2) is 11.5 Å². The molecule has 2 saturated heterocycles. The third kappa shape index (κ3) is 4.24. The van der Waals surface area contributed by atoms with Gasteiger partial charge in [0.2, 0.25) is 5.76 Å². The number of nitrogens with zero attached hydrogens (tertiary/aromatic N) is 1. The first-order chi connectivity index (χ1) is 15.3. The van der Waals surface area contributed by atoms with Crippen LogP contribution in [0.15, 0.2) is 34.7 Å². The lowest BCUT2D eigenvalue weighted by molar-refractivity contribution is -0.133. The number of rotatable bonds is 6. The van der Waals surface area contributed by atoms with Crippen molar-refractivity contribution < 1.29 is 24.1 Å². The summed E-state index contributed by atoms with van der Waals surface area (Å²) in [5, 5.41) is 11.1. The Balaban J connectivity index is 1.57. The summed E-state index contributed by atoms with van der Waals surface area (Å²) in [5.41, 5.74) is 0.482. The summed E-state index contributed by atoms with van der Waals surface area (Å²) >= 11 is 0. The number of allylic oxidation sites excluding steroid dienone is 1. The van der Waals surface area contributed by atoms with Gasteiger partial charge in [-0.2, -0.15) is 0 Å². The number of piperidine rings is 1. The van der Waals surface area contributed by atoms with Crippen molar-refractivity contribution in [2.45, 2.75) is 90.8 Å². The fourth-order valence-electron chi connectivity index (χ4n) is 6.07. The molecular weight excluding hydrogens is 406 g/mol. The van der Waals surface area contributed by atoms with Crippen LogP contribution in [0.25, 0.3) is 0 Å². The monoisotopic (exact) mass is 445 g/mol. The number of hydrogen-bond acceptors (Lipinski definition) is 6. The first kappa shape index (κ1) is 23.4. The molecule has 0 aromatic rings. The zero-order valence-corrected chi connectivity index (χ0v) is 20.2. The molecule has 0 saturated carbocycles. The molecule has 2 fully saturated rings. The van der Waals surface area contributed by atoms with E-state index < -0.39 is 0 Å². The quantitative estimate of drug-likeness (QED) is 0.600. The van der Waals surface area contributed by atoms with E-state index in [0.717, 1.165) is 57.2 Å². The molecule has 5 atom stereocenters. The fourth-order valence-corrected chi connectivity index (χ4v) is 6.07. The van der Waals surface area contributed by atoms with Gasteiger partial charge in [0.25, 0.3) is 0 Å². The summed E-state index contributed by atoms with van der Waals surface area (Å²) in [7, 11) is 1.56. The molecule has 0 spiro atoms. The molecule has 4 heterocycles. The maximum Gasteiger partial charge on any atom is 0.343 e. The highest BCUT2D eigenvalue weighted by molar-refractivity contribution is 5.93. The van der Waals surface area contributed by atoms with Gasteiger partial charge in [-0.25, -0.2) is 4.79 Å². The van der Waals surface area contributed by atoms with E-state index in [1.165, 1.54) is 0 Å². The largest absolute Gasteiger partial charge is 0.492 e. The molecule has 0 aromatic carbocycles. The number of fused-ring (bicyclic) bond motifs is 3. The van der Waals surface area contributed by atoms with Crippen LogP contribution in [-0.2, 0) is 19.0 Å². The normalized spacial score (nSPS) is 34.0. The molecule has 0 amide bonds. The van der Waals surface area contributed by atoms with Crippen LogP contribution in [0, 0.1) is 17.8 Å². The Morgan fingerprint density at radius 2 is 2.03 bits per heavy atom. The van der Waals surface area contributed by atoms with Crippen LogP contribution in [-0.4, -0.2) is 47.8 Å². The Bertz CT molecular complexity index is 826. The third-order valence-electron chi connectivity index (χ3n) is 7.71. The number of esters is 1. The molecule has 0 unspecified atom stereocenters. The molecule has 0 bridgehead atoms. The van der Waals surface area contributed by atoms with Crippen molar-refractivity contribution in [3.05, 3.63) is 34.7 Å². The molecule has 178 valence electrons. The van der Waals surface area contributed by atoms with Crippen molar-refractivity contribution >= 4 is 5.97 Å². The van der Waals surface area contributed by atoms with Gasteiger partial charge in [0.05, 0.1) is 18.8 Å². The van der Waals surface area contributed by atoms with Crippen LogP contribution in [0.2, 0.25) is 0 Å². The second kappa shape index (κ2) is 9.60. The molecule has 6 heteroatoms. The number of ether oxygens (including phenoxy) is 3. The standard InChI is InChI=1S/C26H39NO5/c1-15(2)9-6-12-20(28)18-10-7-11-19-22-16(3)24(31-21(22)13-8-14-27(18)19)25-23(30-5)17(4)26(29)32-25/h13,15-16,18-20,22,28H,6-12,14H2,1-5H3/b25-24+/t16-,18-,19-,20-,22+/m0/s1. The summed E-state index contributed by atoms with van der Waals surface area (Å²) in [6, 6.07) is 0.530. The molecule has 1 N–H and O–H groups in total. The summed E-state index contributed by atoms with van der Waals surface area (Å²) in [6.45, 7) is 9.32. The van der Waals surface area contributed by atoms with Crippen LogP contribution in [0.3, 0.4) is 0 Å². The van der Waals surface area contributed by atoms with Gasteiger partial charge in [-0.05, 0) is 44.6 Å². The Labute approximate surface area is 192 Å². The van der Waals surface area contributed by atoms with Gasteiger partial charge in [0.1, 0.15) is 5.76 Å². The predicted molar refractivity (Wildman–Crippen MR) is 122 cm³/mol. The Hall–Kier alpha value is -1.79. The Kier molecular flexibility index (Phi) is 7.01. The molecule has 6 nitrogen and oxygen atoms in total. The molecule has 0 aromatic heterocycles. The number of carbonyl (C=O) groups excluding carboxylic acids is 1. The minimum atomic E-state index is -0.370. The molecule has 0 aliphatic carbocycles. The van der Waals surface area contributed by atoms with Gasteiger partial charge in [0, 0.05) is 30.5 Å². The number of aliphatic hydroxyl groups is 1. The van der Waals surface area contributed by atoms with E-state index in [-0.39, 0.29) is 30.0 Å². The molecule has 4 aliphatic heterocycles. The minimum absolute atomic E-state index is 0.0718. The third-order valence-corrected chi connectivity index (χ3v) is 7.71. The summed E-state index contributed by atoms with van der Waals surface area (Å²) in [4.78, 5) is 14.7. The van der Waals surface area contributed by atoms with E-state index in [0.29, 0.717) is 34.8 Å². The zero-order valence-electron chi connectivity index (χ0n) is 20.2. The SMILES string of the molecule is COC1=C(C)C(=O)O/C1=C1/OC2=CCCN3[C@@H](CCC[C@H]3[C@@H](O)CCCC(C)C)[C@H]2[C@@H]1C. The van der Waals surface area contributed by atoms with Gasteiger partial charge >= 0.3 is 5.97 Å². The second-order valence-electron chi connectivity index (χ2n) is 10.2. The van der Waals surface area contributed by atoms with Crippen LogP contribution in [0.4, 0.5) is 0 Å². The van der Waals surface area contributed by atoms with Gasteiger partial charge in [-0.3, -0.25) is 4.90 Å². The molecule has 4 aliphatic rings. The highest BCUT2D eigenvalue weighted by Gasteiger charge is 2.49. The minimum Gasteiger partial charge on any atom is -0.492 e. The lowest BCUT2D eigenvalue weighted by atomic mass is 9.79. The van der Waals surface area contributed by atoms with Crippen LogP contribution < -0.4 is 0 Å². The number of methoxy groups -OCH3 is 1. The average Bonchev–Trinajstić information content (AvgIpc) is 3.14. The summed E-state index contributed by atoms with van der Waals surface area (Å²) in [5.74, 6) is 3.17. The summed E-state index contributed by atoms with van der Waals surface area (Å²) in [6.07, 6.45) is 9.20. The lowest BCUT2D eigenvalue weighted by Crippen LogP contribution is -2.54. The van der Waals surface area contributed by atoms with Crippen molar-refractivity contribution in [3.63, 3.8) is 0 Å². The maximum atomic E-state index is 12.2. The van der Waals surface area contributed by atoms with Crippen LogP contribution in [0.5, 0.6) is 0 Å². The number of cyclic esters (lactones) is 1.